The van der Waals surface area contributed by atoms with E-state index in [4.69, 9.17) is 0 Å². The molecule has 0 saturated carbocycles. The molecule has 0 N–H and O–H groups in total. The van der Waals surface area contributed by atoms with Gasteiger partial charge in [-0.3, -0.25) is 0 Å². The summed E-state index contributed by atoms with van der Waals surface area (Å²) in [6.07, 6.45) is 0. The van der Waals surface area contributed by atoms with E-state index in [0.29, 0.717) is 11.8 Å². The molecule has 0 aromatic carbocycles. The van der Waals surface area contributed by atoms with Crippen molar-refractivity contribution in [2.75, 3.05) is 12.4 Å². The molecule has 0 aromatic heterocycles. The first-order chi connectivity index (χ1) is 3.62. The molecule has 0 saturated heterocycles. The van der Waals surface area contributed by atoms with Crippen LogP contribution >= 0.6 is 11.8 Å². The highest BCUT2D eigenvalue weighted by atomic mass is 32.2. The quantitative estimate of drug-likeness (QED) is 0.585. The number of rotatable bonds is 3. The minimum atomic E-state index is -3.16. The van der Waals surface area contributed by atoms with Crippen molar-refractivity contribution in [3.8, 4) is 0 Å². The van der Waals surface area contributed by atoms with E-state index in [9.17, 15) is 13.2 Å². The Bertz CT molecular complexity index is 64.3. The van der Waals surface area contributed by atoms with Gasteiger partial charge in [-0.15, -0.1) is 0 Å². The summed E-state index contributed by atoms with van der Waals surface area (Å²) in [5.41, 5.74) is 0. The highest BCUT2D eigenvalue weighted by Crippen LogP contribution is 2.28. The van der Waals surface area contributed by atoms with Gasteiger partial charge in [-0.2, -0.15) is 8.78 Å². The van der Waals surface area contributed by atoms with Crippen LogP contribution in [-0.2, 0) is 0 Å². The monoisotopic (exact) mass is 144 g/mol. The van der Waals surface area contributed by atoms with Crippen molar-refractivity contribution in [1.29, 1.82) is 0 Å². The Morgan fingerprint density at radius 3 is 2.12 bits per heavy atom. The smallest absolute Gasteiger partial charge is 0.243 e. The van der Waals surface area contributed by atoms with Crippen molar-refractivity contribution >= 4 is 11.8 Å². The normalized spacial score (nSPS) is 12.0. The van der Waals surface area contributed by atoms with Crippen LogP contribution in [0.3, 0.4) is 0 Å². The van der Waals surface area contributed by atoms with Crippen LogP contribution in [0.15, 0.2) is 0 Å². The summed E-state index contributed by atoms with van der Waals surface area (Å²) in [5, 5.41) is -3.16. The third kappa shape index (κ3) is 3.18. The third-order valence-electron chi connectivity index (χ3n) is 0.511. The third-order valence-corrected chi connectivity index (χ3v) is 1.33. The van der Waals surface area contributed by atoms with Crippen LogP contribution in [0.5, 0.6) is 0 Å². The Labute approximate surface area is 50.5 Å². The van der Waals surface area contributed by atoms with Crippen LogP contribution in [-0.4, -0.2) is 17.7 Å². The molecule has 0 unspecified atom stereocenters. The van der Waals surface area contributed by atoms with Crippen molar-refractivity contribution < 1.29 is 13.2 Å². The maximum Gasteiger partial charge on any atom is 0.321 e. The summed E-state index contributed by atoms with van der Waals surface area (Å²) in [6, 6.07) is 0. The van der Waals surface area contributed by atoms with Gasteiger partial charge in [0.25, 0.3) is 0 Å². The van der Waals surface area contributed by atoms with Crippen molar-refractivity contribution in [2.45, 2.75) is 12.2 Å². The van der Waals surface area contributed by atoms with Gasteiger partial charge >= 0.3 is 5.25 Å². The molecular formula is C4H7F3S. The molecule has 8 heavy (non-hydrogen) atoms. The number of thioether (sulfide) groups is 1. The summed E-state index contributed by atoms with van der Waals surface area (Å²) in [7, 11) is 0. The second-order valence-corrected chi connectivity index (χ2v) is 2.67. The predicted molar refractivity (Wildman–Crippen MR) is 29.1 cm³/mol. The number of hydrogen-bond acceptors (Lipinski definition) is 1. The lowest BCUT2D eigenvalue weighted by Crippen LogP contribution is -2.12. The van der Waals surface area contributed by atoms with Crippen molar-refractivity contribution in [1.82, 2.24) is 0 Å². The van der Waals surface area contributed by atoms with Crippen LogP contribution in [0.25, 0.3) is 0 Å². The lowest BCUT2D eigenvalue weighted by atomic mass is 10.8. The molecule has 0 amide bonds. The van der Waals surface area contributed by atoms with Crippen LogP contribution in [0.2, 0.25) is 0 Å². The molecule has 0 heterocycles. The maximum atomic E-state index is 11.7. The van der Waals surface area contributed by atoms with Gasteiger partial charge in [0.05, 0.1) is 0 Å². The molecule has 0 aliphatic carbocycles. The molecule has 0 fully saturated rings. The highest BCUT2D eigenvalue weighted by molar-refractivity contribution is 8.00. The summed E-state index contributed by atoms with van der Waals surface area (Å²) in [5.74, 6) is 0.247. The maximum absolute atomic E-state index is 11.7. The first-order valence-corrected chi connectivity index (χ1v) is 3.18. The summed E-state index contributed by atoms with van der Waals surface area (Å²) in [6.45, 7) is -0.000255. The van der Waals surface area contributed by atoms with Gasteiger partial charge in [0.2, 0.25) is 0 Å². The summed E-state index contributed by atoms with van der Waals surface area (Å²) in [4.78, 5) is 0. The molecule has 0 aliphatic heterocycles. The van der Waals surface area contributed by atoms with Crippen LogP contribution in [0.1, 0.15) is 6.92 Å². The fourth-order valence-corrected chi connectivity index (χ4v) is 0.749. The fraction of sp³-hybridized carbons (Fsp3) is 1.00. The van der Waals surface area contributed by atoms with E-state index in [0.717, 1.165) is 0 Å². The van der Waals surface area contributed by atoms with Crippen molar-refractivity contribution in [3.05, 3.63) is 0 Å². The molecule has 0 radical (unpaired) electrons. The minimum absolute atomic E-state index is 0.247. The molecule has 0 nitrogen and oxygen atoms in total. The summed E-state index contributed by atoms with van der Waals surface area (Å²) >= 11 is 0.325. The van der Waals surface area contributed by atoms with E-state index in [1.807, 2.05) is 0 Å². The van der Waals surface area contributed by atoms with E-state index in [2.05, 4.69) is 0 Å². The van der Waals surface area contributed by atoms with Gasteiger partial charge in [0.15, 0.2) is 6.67 Å². The molecule has 0 aliphatic rings. The molecule has 0 aromatic rings. The van der Waals surface area contributed by atoms with Gasteiger partial charge in [-0.05, 0) is 5.75 Å². The van der Waals surface area contributed by atoms with Crippen molar-refractivity contribution in [3.63, 3.8) is 0 Å². The first-order valence-electron chi connectivity index (χ1n) is 2.20. The molecule has 0 atom stereocenters. The Hall–Kier alpha value is 0.140. The SMILES string of the molecule is CCSC(F)(F)CF. The van der Waals surface area contributed by atoms with Gasteiger partial charge < -0.3 is 0 Å². The molecule has 0 spiro atoms. The molecule has 50 valence electrons. The van der Waals surface area contributed by atoms with Crippen molar-refractivity contribution in [2.24, 2.45) is 0 Å². The van der Waals surface area contributed by atoms with Gasteiger partial charge in [0, 0.05) is 0 Å². The zero-order chi connectivity index (χ0) is 6.62. The largest absolute Gasteiger partial charge is 0.321 e. The standard InChI is InChI=1S/C4H7F3S/c1-2-8-4(6,7)3-5/h2-3H2,1H3. The fourth-order valence-electron chi connectivity index (χ4n) is 0.250. The average molecular weight is 144 g/mol. The van der Waals surface area contributed by atoms with Crippen LogP contribution in [0.4, 0.5) is 13.2 Å². The highest BCUT2D eigenvalue weighted by Gasteiger charge is 2.27. The zero-order valence-corrected chi connectivity index (χ0v) is 5.27. The lowest BCUT2D eigenvalue weighted by Gasteiger charge is -2.07. The predicted octanol–water partition coefficient (Wildman–Crippen LogP) is 2.30. The van der Waals surface area contributed by atoms with E-state index < -0.39 is 11.9 Å². The van der Waals surface area contributed by atoms with Gasteiger partial charge in [-0.1, -0.05) is 18.7 Å². The van der Waals surface area contributed by atoms with Gasteiger partial charge in [-0.25, -0.2) is 4.39 Å². The molecule has 4 heteroatoms. The summed E-state index contributed by atoms with van der Waals surface area (Å²) < 4.78 is 34.7. The molecule has 0 rings (SSSR count). The Morgan fingerprint density at radius 1 is 1.50 bits per heavy atom. The Kier molecular flexibility index (Phi) is 3.28. The molecular weight excluding hydrogens is 137 g/mol. The topological polar surface area (TPSA) is 0 Å². The Balaban J connectivity index is 3.37. The average Bonchev–Trinajstić information content (AvgIpc) is 1.67. The first kappa shape index (κ1) is 8.14. The lowest BCUT2D eigenvalue weighted by molar-refractivity contribution is 0.0742. The second kappa shape index (κ2) is 3.22. The Morgan fingerprint density at radius 2 is 2.00 bits per heavy atom. The minimum Gasteiger partial charge on any atom is -0.243 e. The van der Waals surface area contributed by atoms with Crippen LogP contribution < -0.4 is 0 Å². The molecule has 0 bridgehead atoms. The van der Waals surface area contributed by atoms with E-state index in [1.54, 1.807) is 6.92 Å². The van der Waals surface area contributed by atoms with E-state index >= 15 is 0 Å². The second-order valence-electron chi connectivity index (χ2n) is 1.20. The number of alkyl halides is 3. The van der Waals surface area contributed by atoms with Gasteiger partial charge in [0.1, 0.15) is 0 Å². The zero-order valence-electron chi connectivity index (χ0n) is 4.46. The van der Waals surface area contributed by atoms with Crippen LogP contribution in [0, 0.1) is 0 Å². The van der Waals surface area contributed by atoms with E-state index in [1.165, 1.54) is 0 Å². The number of halogens is 3. The van der Waals surface area contributed by atoms with E-state index in [-0.39, 0.29) is 5.75 Å². The number of hydrogen-bond donors (Lipinski definition) is 0.